The van der Waals surface area contributed by atoms with Gasteiger partial charge < -0.3 is 9.52 Å². The van der Waals surface area contributed by atoms with Gasteiger partial charge in [0, 0.05) is 10.9 Å². The largest absolute Gasteiger partial charge is 0.508 e. The zero-order chi connectivity index (χ0) is 11.1. The number of rotatable bonds is 0. The second-order valence-corrected chi connectivity index (χ2v) is 4.23. The molecule has 2 aromatic rings. The van der Waals surface area contributed by atoms with E-state index < -0.39 is 0 Å². The third kappa shape index (κ3) is 1.32. The highest BCUT2D eigenvalue weighted by atomic mass is 16.4. The van der Waals surface area contributed by atoms with Gasteiger partial charge in [-0.25, -0.2) is 4.79 Å². The summed E-state index contributed by atoms with van der Waals surface area (Å²) in [6.45, 7) is 0. The van der Waals surface area contributed by atoms with Gasteiger partial charge in [-0.15, -0.1) is 0 Å². The molecule has 0 radical (unpaired) electrons. The predicted octanol–water partition coefficient (Wildman–Crippen LogP) is 2.38. The summed E-state index contributed by atoms with van der Waals surface area (Å²) in [6, 6.07) is 4.88. The van der Waals surface area contributed by atoms with Crippen LogP contribution in [-0.2, 0) is 12.8 Å². The lowest BCUT2D eigenvalue weighted by molar-refractivity contribution is 0.474. The van der Waals surface area contributed by atoms with Gasteiger partial charge in [0.25, 0.3) is 0 Å². The Bertz CT molecular complexity index is 610. The lowest BCUT2D eigenvalue weighted by Crippen LogP contribution is -2.15. The van der Waals surface area contributed by atoms with Crippen LogP contribution in [0.15, 0.2) is 27.4 Å². The number of benzene rings is 1. The third-order valence-corrected chi connectivity index (χ3v) is 3.21. The molecule has 1 aromatic carbocycles. The number of phenolic OH excluding ortho intramolecular Hbond substituents is 1. The Morgan fingerprint density at radius 2 is 1.88 bits per heavy atom. The summed E-state index contributed by atoms with van der Waals surface area (Å²) in [5.74, 6) is 0.217. The van der Waals surface area contributed by atoms with Gasteiger partial charge in [-0.3, -0.25) is 0 Å². The van der Waals surface area contributed by atoms with E-state index in [9.17, 15) is 9.90 Å². The molecule has 0 atom stereocenters. The summed E-state index contributed by atoms with van der Waals surface area (Å²) in [4.78, 5) is 11.7. The van der Waals surface area contributed by atoms with Crippen molar-refractivity contribution in [2.24, 2.45) is 0 Å². The topological polar surface area (TPSA) is 50.4 Å². The van der Waals surface area contributed by atoms with Gasteiger partial charge in [0.2, 0.25) is 0 Å². The highest BCUT2D eigenvalue weighted by molar-refractivity contribution is 5.82. The summed E-state index contributed by atoms with van der Waals surface area (Å²) < 4.78 is 5.25. The lowest BCUT2D eigenvalue weighted by Gasteiger charge is -2.15. The molecule has 0 saturated carbocycles. The van der Waals surface area contributed by atoms with Crippen LogP contribution in [0.1, 0.15) is 24.0 Å². The maximum atomic E-state index is 11.7. The summed E-state index contributed by atoms with van der Waals surface area (Å²) in [6.07, 6.45) is 3.84. The molecule has 0 aliphatic heterocycles. The van der Waals surface area contributed by atoms with Crippen LogP contribution >= 0.6 is 0 Å². The molecule has 1 aromatic heterocycles. The highest BCUT2D eigenvalue weighted by Gasteiger charge is 2.17. The van der Waals surface area contributed by atoms with Gasteiger partial charge in [0.05, 0.1) is 0 Å². The zero-order valence-corrected chi connectivity index (χ0v) is 8.82. The fraction of sp³-hybridized carbons (Fsp3) is 0.308. The number of hydrogen-bond donors (Lipinski definition) is 1. The fourth-order valence-electron chi connectivity index (χ4n) is 2.43. The molecule has 0 unspecified atom stereocenters. The van der Waals surface area contributed by atoms with Gasteiger partial charge in [0.1, 0.15) is 11.3 Å². The molecular formula is C13H12O3. The molecule has 1 heterocycles. The van der Waals surface area contributed by atoms with Crippen molar-refractivity contribution in [2.75, 3.05) is 0 Å². The summed E-state index contributed by atoms with van der Waals surface area (Å²) in [7, 11) is 0. The molecule has 0 amide bonds. The van der Waals surface area contributed by atoms with Crippen molar-refractivity contribution in [1.29, 1.82) is 0 Å². The van der Waals surface area contributed by atoms with E-state index in [0.29, 0.717) is 5.58 Å². The summed E-state index contributed by atoms with van der Waals surface area (Å²) >= 11 is 0. The van der Waals surface area contributed by atoms with E-state index >= 15 is 0 Å². The summed E-state index contributed by atoms with van der Waals surface area (Å²) in [5.41, 5.74) is 2.22. The first-order valence-corrected chi connectivity index (χ1v) is 5.53. The Balaban J connectivity index is 2.43. The van der Waals surface area contributed by atoms with Crippen molar-refractivity contribution >= 4 is 11.0 Å². The van der Waals surface area contributed by atoms with E-state index in [1.54, 1.807) is 18.2 Å². The van der Waals surface area contributed by atoms with Crippen LogP contribution in [0.4, 0.5) is 0 Å². The molecule has 1 aliphatic carbocycles. The van der Waals surface area contributed by atoms with E-state index in [4.69, 9.17) is 4.42 Å². The Kier molecular flexibility index (Phi) is 1.99. The first kappa shape index (κ1) is 9.46. The van der Waals surface area contributed by atoms with Gasteiger partial charge >= 0.3 is 5.63 Å². The molecule has 1 N–H and O–H groups in total. The van der Waals surface area contributed by atoms with Crippen LogP contribution < -0.4 is 5.63 Å². The Morgan fingerprint density at radius 3 is 2.69 bits per heavy atom. The smallest absolute Gasteiger partial charge is 0.339 e. The molecule has 1 aliphatic rings. The normalized spacial score (nSPS) is 15.0. The van der Waals surface area contributed by atoms with Crippen molar-refractivity contribution in [3.8, 4) is 5.75 Å². The van der Waals surface area contributed by atoms with Crippen LogP contribution in [0.5, 0.6) is 5.75 Å². The minimum Gasteiger partial charge on any atom is -0.508 e. The van der Waals surface area contributed by atoms with E-state index in [0.717, 1.165) is 42.2 Å². The molecule has 0 saturated heterocycles. The fourth-order valence-corrected chi connectivity index (χ4v) is 2.43. The van der Waals surface area contributed by atoms with Crippen LogP contribution in [0.25, 0.3) is 11.0 Å². The van der Waals surface area contributed by atoms with Gasteiger partial charge in [-0.1, -0.05) is 0 Å². The first-order valence-electron chi connectivity index (χ1n) is 5.53. The minimum absolute atomic E-state index is 0.215. The standard InChI is InChI=1S/C13H12O3/c14-8-5-6-12-11(7-8)9-3-1-2-4-10(9)13(15)16-12/h5-7,14H,1-4H2. The molecule has 82 valence electrons. The molecule has 0 bridgehead atoms. The Morgan fingerprint density at radius 1 is 1.12 bits per heavy atom. The third-order valence-electron chi connectivity index (χ3n) is 3.21. The molecular weight excluding hydrogens is 204 g/mol. The van der Waals surface area contributed by atoms with Crippen molar-refractivity contribution in [1.82, 2.24) is 0 Å². The van der Waals surface area contributed by atoms with E-state index in [1.165, 1.54) is 0 Å². The quantitative estimate of drug-likeness (QED) is 0.688. The van der Waals surface area contributed by atoms with Crippen molar-refractivity contribution in [3.05, 3.63) is 39.7 Å². The molecule has 3 nitrogen and oxygen atoms in total. The van der Waals surface area contributed by atoms with E-state index in [-0.39, 0.29) is 11.4 Å². The van der Waals surface area contributed by atoms with Crippen molar-refractivity contribution in [2.45, 2.75) is 25.7 Å². The van der Waals surface area contributed by atoms with Crippen LogP contribution in [-0.4, -0.2) is 5.11 Å². The van der Waals surface area contributed by atoms with Crippen LogP contribution in [0.3, 0.4) is 0 Å². The number of aryl methyl sites for hydroxylation is 1. The zero-order valence-electron chi connectivity index (χ0n) is 8.82. The van der Waals surface area contributed by atoms with Crippen LogP contribution in [0, 0.1) is 0 Å². The number of aromatic hydroxyl groups is 1. The SMILES string of the molecule is O=c1oc2ccc(O)cc2c2c1CCCC2. The second-order valence-electron chi connectivity index (χ2n) is 4.23. The average Bonchev–Trinajstić information content (AvgIpc) is 2.31. The van der Waals surface area contributed by atoms with Gasteiger partial charge in [-0.2, -0.15) is 0 Å². The number of phenols is 1. The van der Waals surface area contributed by atoms with Crippen molar-refractivity contribution in [3.63, 3.8) is 0 Å². The number of fused-ring (bicyclic) bond motifs is 3. The average molecular weight is 216 g/mol. The number of hydrogen-bond acceptors (Lipinski definition) is 3. The van der Waals surface area contributed by atoms with Gasteiger partial charge in [-0.05, 0) is 49.4 Å². The summed E-state index contributed by atoms with van der Waals surface area (Å²) in [5, 5.41) is 10.4. The minimum atomic E-state index is -0.215. The Labute approximate surface area is 92.3 Å². The lowest BCUT2D eigenvalue weighted by atomic mass is 9.91. The molecule has 0 spiro atoms. The second kappa shape index (κ2) is 3.37. The monoisotopic (exact) mass is 216 g/mol. The maximum absolute atomic E-state index is 11.7. The highest BCUT2D eigenvalue weighted by Crippen LogP contribution is 2.28. The molecule has 0 fully saturated rings. The maximum Gasteiger partial charge on any atom is 0.339 e. The molecule has 3 rings (SSSR count). The van der Waals surface area contributed by atoms with E-state index in [1.807, 2.05) is 0 Å². The first-order chi connectivity index (χ1) is 7.75. The molecule has 3 heteroatoms. The van der Waals surface area contributed by atoms with Gasteiger partial charge in [0.15, 0.2) is 0 Å². The predicted molar refractivity (Wildman–Crippen MR) is 60.8 cm³/mol. The van der Waals surface area contributed by atoms with Crippen LogP contribution in [0.2, 0.25) is 0 Å². The van der Waals surface area contributed by atoms with E-state index in [2.05, 4.69) is 0 Å². The Hall–Kier alpha value is -1.77. The molecule has 16 heavy (non-hydrogen) atoms. The van der Waals surface area contributed by atoms with Crippen molar-refractivity contribution < 1.29 is 9.52 Å².